The summed E-state index contributed by atoms with van der Waals surface area (Å²) in [5.74, 6) is -2.51. The Morgan fingerprint density at radius 2 is 2.27 bits per heavy atom. The molecule has 17 heteroatoms. The van der Waals surface area contributed by atoms with Crippen molar-refractivity contribution >= 4 is 75.1 Å². The van der Waals surface area contributed by atoms with Crippen molar-refractivity contribution in [3.63, 3.8) is 0 Å². The number of thiazole rings is 1. The molecule has 0 aliphatic carbocycles. The normalized spacial score (nSPS) is 20.7. The molecule has 2 aliphatic rings. The molecule has 4 rings (SSSR count). The number of carbonyl (C=O) groups is 3. The van der Waals surface area contributed by atoms with Crippen LogP contribution in [0.4, 0.5) is 5.13 Å². The number of aliphatic carboxylic acids is 1. The molecule has 0 aromatic carbocycles. The molecule has 1 saturated heterocycles. The zero-order valence-corrected chi connectivity index (χ0v) is 19.3. The summed E-state index contributed by atoms with van der Waals surface area (Å²) in [6, 6.07) is -1.03. The largest absolute Gasteiger partial charge is 0.477 e. The summed E-state index contributed by atoms with van der Waals surface area (Å²) >= 11 is 9.34. The lowest BCUT2D eigenvalue weighted by Gasteiger charge is -2.49. The summed E-state index contributed by atoms with van der Waals surface area (Å²) in [6.07, 6.45) is 2.93. The summed E-state index contributed by atoms with van der Waals surface area (Å²) in [5.41, 5.74) is 5.17. The van der Waals surface area contributed by atoms with E-state index in [0.29, 0.717) is 10.7 Å². The number of anilines is 1. The number of hydrogen-bond acceptors (Lipinski definition) is 12. The van der Waals surface area contributed by atoms with Gasteiger partial charge in [0.1, 0.15) is 33.5 Å². The molecule has 0 spiro atoms. The number of amides is 2. The topological polar surface area (TPSA) is 200 Å². The number of nitrogen functional groups attached to an aromatic ring is 1. The first-order chi connectivity index (χ1) is 15.8. The Morgan fingerprint density at radius 3 is 2.88 bits per heavy atom. The Bertz CT molecular complexity index is 1210. The number of rotatable bonds is 7. The highest BCUT2D eigenvalue weighted by Crippen LogP contribution is 2.41. The van der Waals surface area contributed by atoms with Crippen molar-refractivity contribution in [2.45, 2.75) is 16.6 Å². The van der Waals surface area contributed by atoms with E-state index in [-0.39, 0.29) is 26.6 Å². The van der Waals surface area contributed by atoms with Crippen LogP contribution in [0.15, 0.2) is 39.4 Å². The first-order valence-corrected chi connectivity index (χ1v) is 12.0. The zero-order valence-electron chi connectivity index (χ0n) is 16.1. The Hall–Kier alpha value is -3.08. The van der Waals surface area contributed by atoms with Crippen LogP contribution in [-0.2, 0) is 14.4 Å². The van der Waals surface area contributed by atoms with Gasteiger partial charge in [-0.2, -0.15) is 5.10 Å². The average molecular weight is 529 g/mol. The van der Waals surface area contributed by atoms with E-state index in [1.807, 2.05) is 0 Å². The molecule has 2 atom stereocenters. The minimum Gasteiger partial charge on any atom is -0.477 e. The average Bonchev–Trinajstić information content (AvgIpc) is 3.41. The van der Waals surface area contributed by atoms with Gasteiger partial charge in [-0.15, -0.1) is 11.8 Å². The van der Waals surface area contributed by atoms with Crippen LogP contribution in [0.2, 0.25) is 4.34 Å². The lowest BCUT2D eigenvalue weighted by atomic mass is 10.0. The van der Waals surface area contributed by atoms with E-state index in [4.69, 9.17) is 17.3 Å². The highest BCUT2D eigenvalue weighted by molar-refractivity contribution is 8.02. The molecule has 13 nitrogen and oxygen atoms in total. The SMILES string of the molecule is Nc1nc(/C(=N/O)C(=O)N[C@@H]2C(=O)N3C(C(=O)O)=C(/C=C/Sc4ncn[nH]4)CS[C@H]23)c(Cl)s1. The maximum atomic E-state index is 12.8. The Kier molecular flexibility index (Phi) is 6.59. The molecule has 4 heterocycles. The molecule has 2 aromatic heterocycles. The van der Waals surface area contributed by atoms with E-state index in [9.17, 15) is 24.7 Å². The fourth-order valence-electron chi connectivity index (χ4n) is 3.08. The number of nitrogens with two attached hydrogens (primary N) is 1. The van der Waals surface area contributed by atoms with Crippen LogP contribution >= 0.6 is 46.5 Å². The van der Waals surface area contributed by atoms with Gasteiger partial charge in [0.2, 0.25) is 0 Å². The number of H-pyrrole nitrogens is 1. The number of nitrogens with one attached hydrogen (secondary N) is 2. The van der Waals surface area contributed by atoms with E-state index < -0.39 is 34.9 Å². The second kappa shape index (κ2) is 9.42. The van der Waals surface area contributed by atoms with E-state index >= 15 is 0 Å². The number of carbonyl (C=O) groups excluding carboxylic acids is 2. The molecule has 2 aromatic rings. The van der Waals surface area contributed by atoms with Gasteiger partial charge in [0.15, 0.2) is 16.0 Å². The lowest BCUT2D eigenvalue weighted by molar-refractivity contribution is -0.150. The van der Waals surface area contributed by atoms with Crippen molar-refractivity contribution < 1.29 is 24.7 Å². The number of aromatic nitrogens is 4. The maximum Gasteiger partial charge on any atom is 0.352 e. The molecule has 0 radical (unpaired) electrons. The summed E-state index contributed by atoms with van der Waals surface area (Å²) in [5, 5.41) is 32.3. The summed E-state index contributed by atoms with van der Waals surface area (Å²) in [4.78, 5) is 46.2. The van der Waals surface area contributed by atoms with E-state index in [1.54, 1.807) is 11.5 Å². The van der Waals surface area contributed by atoms with Crippen molar-refractivity contribution in [2.75, 3.05) is 11.5 Å². The third-order valence-corrected chi connectivity index (χ3v) is 7.55. The number of hydrogen-bond donors (Lipinski definition) is 5. The zero-order chi connectivity index (χ0) is 23.7. The number of nitrogens with zero attached hydrogens (tertiary/aromatic N) is 5. The van der Waals surface area contributed by atoms with Gasteiger partial charge in [0, 0.05) is 5.75 Å². The summed E-state index contributed by atoms with van der Waals surface area (Å²) < 4.78 is 0.0415. The van der Waals surface area contributed by atoms with Crippen LogP contribution in [0.1, 0.15) is 5.69 Å². The predicted octanol–water partition coefficient (Wildman–Crippen LogP) is 0.720. The molecule has 0 unspecified atom stereocenters. The van der Waals surface area contributed by atoms with Crippen LogP contribution in [-0.4, -0.2) is 76.0 Å². The maximum absolute atomic E-state index is 12.8. The van der Waals surface area contributed by atoms with Crippen molar-refractivity contribution in [1.82, 2.24) is 30.4 Å². The third kappa shape index (κ3) is 4.41. The predicted molar refractivity (Wildman–Crippen MR) is 121 cm³/mol. The second-order valence-electron chi connectivity index (χ2n) is 6.37. The number of halogens is 1. The Balaban J connectivity index is 1.49. The quantitative estimate of drug-likeness (QED) is 0.111. The van der Waals surface area contributed by atoms with Crippen LogP contribution in [0.3, 0.4) is 0 Å². The molecule has 33 heavy (non-hydrogen) atoms. The highest BCUT2D eigenvalue weighted by Gasteiger charge is 2.54. The molecule has 6 N–H and O–H groups in total. The van der Waals surface area contributed by atoms with Gasteiger partial charge in [-0.25, -0.2) is 14.8 Å². The molecule has 0 bridgehead atoms. The first-order valence-electron chi connectivity index (χ1n) is 8.86. The van der Waals surface area contributed by atoms with Crippen LogP contribution < -0.4 is 11.1 Å². The highest BCUT2D eigenvalue weighted by atomic mass is 35.5. The molecular weight excluding hydrogens is 516 g/mol. The fourth-order valence-corrected chi connectivity index (χ4v) is 5.90. The summed E-state index contributed by atoms with van der Waals surface area (Å²) in [6.45, 7) is 0. The van der Waals surface area contributed by atoms with Gasteiger partial charge in [-0.3, -0.25) is 19.6 Å². The number of β-lactam (4-membered cyclic amide) rings is 1. The van der Waals surface area contributed by atoms with Crippen LogP contribution in [0.25, 0.3) is 0 Å². The molecule has 0 saturated carbocycles. The van der Waals surface area contributed by atoms with Crippen molar-refractivity contribution in [3.8, 4) is 0 Å². The first kappa shape index (κ1) is 23.1. The number of oxime groups is 1. The monoisotopic (exact) mass is 528 g/mol. The minimum absolute atomic E-state index is 0.0415. The summed E-state index contributed by atoms with van der Waals surface area (Å²) in [7, 11) is 0. The van der Waals surface area contributed by atoms with Crippen molar-refractivity contribution in [2.24, 2.45) is 5.16 Å². The fraction of sp³-hybridized carbons (Fsp3) is 0.188. The van der Waals surface area contributed by atoms with E-state index in [1.165, 1.54) is 29.9 Å². The van der Waals surface area contributed by atoms with Crippen molar-refractivity contribution in [1.29, 1.82) is 0 Å². The molecular formula is C16H13ClN8O5S3. The Labute approximate surface area is 202 Å². The molecule has 2 aliphatic heterocycles. The van der Waals surface area contributed by atoms with Gasteiger partial charge in [-0.05, 0) is 17.1 Å². The van der Waals surface area contributed by atoms with Crippen LogP contribution in [0.5, 0.6) is 0 Å². The lowest BCUT2D eigenvalue weighted by Crippen LogP contribution is -2.71. The number of thioether (sulfide) groups is 2. The third-order valence-electron chi connectivity index (χ3n) is 4.47. The molecule has 2 amide bonds. The Morgan fingerprint density at radius 1 is 1.48 bits per heavy atom. The number of carboxylic acid groups (broad SMARTS) is 1. The number of fused-ring (bicyclic) bond motifs is 1. The second-order valence-corrected chi connectivity index (χ2v) is 10.0. The van der Waals surface area contributed by atoms with E-state index in [2.05, 4.69) is 30.6 Å². The van der Waals surface area contributed by atoms with Crippen molar-refractivity contribution in [3.05, 3.63) is 39.1 Å². The standard InChI is InChI=1S/C16H13ClN8O5S3/c17-10-6(22-15(18)33-10)7(24-30)11(26)21-8-12(27)25-9(14(28)29)5(3-32-13(8)25)1-2-31-16-19-4-20-23-16/h1-2,4,8,13,30H,3H2,(H2,18,22)(H,21,26)(H,28,29)(H,19,20,23)/b2-1+,24-7-/t8-,13-/m1/s1. The number of carboxylic acids is 1. The smallest absolute Gasteiger partial charge is 0.352 e. The number of allylic oxidation sites excluding steroid dienone is 1. The van der Waals surface area contributed by atoms with Crippen LogP contribution in [0, 0.1) is 0 Å². The van der Waals surface area contributed by atoms with Gasteiger partial charge in [0.05, 0.1) is 0 Å². The van der Waals surface area contributed by atoms with Gasteiger partial charge < -0.3 is 21.4 Å². The molecule has 172 valence electrons. The molecule has 1 fully saturated rings. The number of aromatic amines is 1. The van der Waals surface area contributed by atoms with E-state index in [0.717, 1.165) is 16.2 Å². The van der Waals surface area contributed by atoms with Gasteiger partial charge in [0.25, 0.3) is 11.8 Å². The van der Waals surface area contributed by atoms with Gasteiger partial charge in [-0.1, -0.05) is 39.9 Å². The minimum atomic E-state index is -1.27. The van der Waals surface area contributed by atoms with Gasteiger partial charge >= 0.3 is 5.97 Å².